The van der Waals surface area contributed by atoms with E-state index in [9.17, 15) is 9.90 Å². The highest BCUT2D eigenvalue weighted by Crippen LogP contribution is 2.29. The minimum absolute atomic E-state index is 0.0496. The number of β-amino-alcohol motifs (C(OH)–C–C–N with tert-alkyl or cyclic N) is 1. The highest BCUT2D eigenvalue weighted by molar-refractivity contribution is 6.30. The minimum Gasteiger partial charge on any atom is -0.391 e. The van der Waals surface area contributed by atoms with Crippen LogP contribution in [0, 0.1) is 0 Å². The fourth-order valence-corrected chi connectivity index (χ4v) is 2.73. The molecule has 1 atom stereocenters. The molecular weight excluding hydrogens is 262 g/mol. The summed E-state index contributed by atoms with van der Waals surface area (Å²) in [6, 6.07) is 7.41. The lowest BCUT2D eigenvalue weighted by Gasteiger charge is -2.36. The van der Waals surface area contributed by atoms with Crippen molar-refractivity contribution in [2.45, 2.75) is 38.2 Å². The highest BCUT2D eigenvalue weighted by atomic mass is 35.5. The second kappa shape index (κ2) is 5.51. The second-order valence-corrected chi connectivity index (χ2v) is 6.12. The SMILES string of the molecule is CC(C)(C(=O)N1CCCC(O)C1)c1cccc(Cl)c1. The number of rotatable bonds is 2. The summed E-state index contributed by atoms with van der Waals surface area (Å²) < 4.78 is 0. The number of aliphatic hydroxyl groups excluding tert-OH is 1. The number of likely N-dealkylation sites (tertiary alicyclic amines) is 1. The molecule has 104 valence electrons. The molecule has 3 nitrogen and oxygen atoms in total. The van der Waals surface area contributed by atoms with Gasteiger partial charge < -0.3 is 10.0 Å². The van der Waals surface area contributed by atoms with E-state index in [0.29, 0.717) is 11.6 Å². The summed E-state index contributed by atoms with van der Waals surface area (Å²) in [5.74, 6) is 0.0496. The Bertz CT molecular complexity index is 473. The number of halogens is 1. The van der Waals surface area contributed by atoms with Crippen LogP contribution in [0.2, 0.25) is 5.02 Å². The van der Waals surface area contributed by atoms with E-state index in [4.69, 9.17) is 11.6 Å². The average molecular weight is 282 g/mol. The summed E-state index contributed by atoms with van der Waals surface area (Å²) in [5.41, 5.74) is 0.284. The zero-order chi connectivity index (χ0) is 14.0. The Morgan fingerprint density at radius 3 is 2.84 bits per heavy atom. The van der Waals surface area contributed by atoms with Crippen LogP contribution in [0.1, 0.15) is 32.3 Å². The first-order valence-corrected chi connectivity index (χ1v) is 7.02. The van der Waals surface area contributed by atoms with Crippen LogP contribution in [0.4, 0.5) is 0 Å². The Morgan fingerprint density at radius 1 is 1.47 bits per heavy atom. The van der Waals surface area contributed by atoms with Crippen LogP contribution in [-0.4, -0.2) is 35.1 Å². The zero-order valence-electron chi connectivity index (χ0n) is 11.4. The number of benzene rings is 1. The van der Waals surface area contributed by atoms with Gasteiger partial charge in [0.1, 0.15) is 0 Å². The molecule has 1 amide bonds. The first-order chi connectivity index (χ1) is 8.91. The van der Waals surface area contributed by atoms with Crippen LogP contribution in [0.25, 0.3) is 0 Å². The maximum absolute atomic E-state index is 12.6. The number of carbonyl (C=O) groups excluding carboxylic acids is 1. The largest absolute Gasteiger partial charge is 0.391 e. The lowest BCUT2D eigenvalue weighted by atomic mass is 9.82. The van der Waals surface area contributed by atoms with Gasteiger partial charge in [0.2, 0.25) is 5.91 Å². The van der Waals surface area contributed by atoms with E-state index < -0.39 is 11.5 Å². The third kappa shape index (κ3) is 3.10. The lowest BCUT2D eigenvalue weighted by Crippen LogP contribution is -2.49. The first kappa shape index (κ1) is 14.4. The predicted molar refractivity (Wildman–Crippen MR) is 76.3 cm³/mol. The van der Waals surface area contributed by atoms with Gasteiger partial charge in [0.25, 0.3) is 0 Å². The molecule has 0 spiro atoms. The summed E-state index contributed by atoms with van der Waals surface area (Å²) in [4.78, 5) is 14.4. The third-order valence-electron chi connectivity index (χ3n) is 3.76. The molecule has 1 unspecified atom stereocenters. The topological polar surface area (TPSA) is 40.5 Å². The monoisotopic (exact) mass is 281 g/mol. The Hall–Kier alpha value is -1.06. The van der Waals surface area contributed by atoms with Gasteiger partial charge in [-0.15, -0.1) is 0 Å². The Labute approximate surface area is 119 Å². The van der Waals surface area contributed by atoms with Crippen LogP contribution in [-0.2, 0) is 10.2 Å². The maximum atomic E-state index is 12.6. The number of carbonyl (C=O) groups is 1. The molecule has 0 aromatic heterocycles. The summed E-state index contributed by atoms with van der Waals surface area (Å²) >= 11 is 6.00. The fourth-order valence-electron chi connectivity index (χ4n) is 2.54. The molecule has 1 fully saturated rings. The summed E-state index contributed by atoms with van der Waals surface area (Å²) in [6.07, 6.45) is 1.24. The van der Waals surface area contributed by atoms with E-state index in [0.717, 1.165) is 24.9 Å². The third-order valence-corrected chi connectivity index (χ3v) is 4.00. The fraction of sp³-hybridized carbons (Fsp3) is 0.533. The standard InChI is InChI=1S/C15H20ClNO2/c1-15(2,11-5-3-6-12(16)9-11)14(19)17-8-4-7-13(18)10-17/h3,5-6,9,13,18H,4,7-8,10H2,1-2H3. The van der Waals surface area contributed by atoms with E-state index in [1.807, 2.05) is 32.0 Å². The van der Waals surface area contributed by atoms with Gasteiger partial charge in [-0.25, -0.2) is 0 Å². The van der Waals surface area contributed by atoms with E-state index in [1.54, 1.807) is 11.0 Å². The summed E-state index contributed by atoms with van der Waals surface area (Å²) in [7, 11) is 0. The summed E-state index contributed by atoms with van der Waals surface area (Å²) in [5, 5.41) is 10.3. The van der Waals surface area contributed by atoms with Crippen LogP contribution >= 0.6 is 11.6 Å². The smallest absolute Gasteiger partial charge is 0.232 e. The molecule has 0 bridgehead atoms. The second-order valence-electron chi connectivity index (χ2n) is 5.68. The van der Waals surface area contributed by atoms with Gasteiger partial charge in [0.15, 0.2) is 0 Å². The lowest BCUT2D eigenvalue weighted by molar-refractivity contribution is -0.139. The van der Waals surface area contributed by atoms with Gasteiger partial charge >= 0.3 is 0 Å². The molecule has 1 heterocycles. The van der Waals surface area contributed by atoms with Crippen molar-refractivity contribution in [3.63, 3.8) is 0 Å². The van der Waals surface area contributed by atoms with Crippen LogP contribution < -0.4 is 0 Å². The van der Waals surface area contributed by atoms with Gasteiger partial charge in [0, 0.05) is 18.1 Å². The quantitative estimate of drug-likeness (QED) is 0.905. The maximum Gasteiger partial charge on any atom is 0.232 e. The molecule has 1 N–H and O–H groups in total. The Morgan fingerprint density at radius 2 is 2.21 bits per heavy atom. The van der Waals surface area contributed by atoms with E-state index >= 15 is 0 Å². The molecule has 4 heteroatoms. The molecule has 1 aromatic rings. The van der Waals surface area contributed by atoms with Crippen molar-refractivity contribution >= 4 is 17.5 Å². The molecule has 1 aromatic carbocycles. The van der Waals surface area contributed by atoms with Crippen molar-refractivity contribution in [2.75, 3.05) is 13.1 Å². The van der Waals surface area contributed by atoms with Crippen molar-refractivity contribution < 1.29 is 9.90 Å². The van der Waals surface area contributed by atoms with Crippen molar-refractivity contribution in [2.24, 2.45) is 0 Å². The van der Waals surface area contributed by atoms with Crippen molar-refractivity contribution in [1.29, 1.82) is 0 Å². The predicted octanol–water partition coefficient (Wildman–Crippen LogP) is 2.60. The molecule has 0 radical (unpaired) electrons. The van der Waals surface area contributed by atoms with Crippen molar-refractivity contribution in [1.82, 2.24) is 4.90 Å². The number of piperidine rings is 1. The molecule has 1 aliphatic rings. The van der Waals surface area contributed by atoms with Crippen LogP contribution in [0.3, 0.4) is 0 Å². The number of aliphatic hydroxyl groups is 1. The highest BCUT2D eigenvalue weighted by Gasteiger charge is 2.35. The molecule has 1 saturated heterocycles. The van der Waals surface area contributed by atoms with Crippen LogP contribution in [0.15, 0.2) is 24.3 Å². The number of hydrogen-bond donors (Lipinski definition) is 1. The van der Waals surface area contributed by atoms with E-state index in [-0.39, 0.29) is 5.91 Å². The molecule has 19 heavy (non-hydrogen) atoms. The minimum atomic E-state index is -0.623. The van der Waals surface area contributed by atoms with Crippen molar-refractivity contribution in [3.8, 4) is 0 Å². The van der Waals surface area contributed by atoms with E-state index in [1.165, 1.54) is 0 Å². The first-order valence-electron chi connectivity index (χ1n) is 6.65. The van der Waals surface area contributed by atoms with Gasteiger partial charge in [-0.3, -0.25) is 4.79 Å². The molecule has 0 saturated carbocycles. The number of hydrogen-bond acceptors (Lipinski definition) is 2. The molecule has 0 aliphatic carbocycles. The summed E-state index contributed by atoms with van der Waals surface area (Å²) in [6.45, 7) is 4.96. The Kier molecular flexibility index (Phi) is 4.16. The Balaban J connectivity index is 2.21. The molecule has 2 rings (SSSR count). The molecule has 1 aliphatic heterocycles. The van der Waals surface area contributed by atoms with Gasteiger partial charge in [0.05, 0.1) is 11.5 Å². The van der Waals surface area contributed by atoms with Crippen molar-refractivity contribution in [3.05, 3.63) is 34.9 Å². The molecular formula is C15H20ClNO2. The van der Waals surface area contributed by atoms with Gasteiger partial charge in [-0.2, -0.15) is 0 Å². The van der Waals surface area contributed by atoms with Gasteiger partial charge in [-0.1, -0.05) is 23.7 Å². The van der Waals surface area contributed by atoms with Gasteiger partial charge in [-0.05, 0) is 44.4 Å². The van der Waals surface area contributed by atoms with E-state index in [2.05, 4.69) is 0 Å². The average Bonchev–Trinajstić information content (AvgIpc) is 2.38. The normalized spacial score (nSPS) is 20.4. The van der Waals surface area contributed by atoms with Crippen LogP contribution in [0.5, 0.6) is 0 Å². The number of nitrogens with zero attached hydrogens (tertiary/aromatic N) is 1. The number of amides is 1. The zero-order valence-corrected chi connectivity index (χ0v) is 12.2.